The first-order valence-electron chi connectivity index (χ1n) is 5.74. The predicted molar refractivity (Wildman–Crippen MR) is 69.7 cm³/mol. The van der Waals surface area contributed by atoms with Crippen molar-refractivity contribution in [2.45, 2.75) is 26.4 Å². The van der Waals surface area contributed by atoms with E-state index in [-0.39, 0.29) is 12.2 Å². The van der Waals surface area contributed by atoms with Crippen molar-refractivity contribution in [2.75, 3.05) is 5.32 Å². The highest BCUT2D eigenvalue weighted by molar-refractivity contribution is 7.12. The molecular weight excluding hydrogens is 291 g/mol. The van der Waals surface area contributed by atoms with Crippen molar-refractivity contribution >= 4 is 23.1 Å². The molecule has 0 atom stereocenters. The lowest BCUT2D eigenvalue weighted by atomic mass is 10.2. The molecule has 2 N–H and O–H groups in total. The molecule has 2 rings (SSSR count). The van der Waals surface area contributed by atoms with Crippen molar-refractivity contribution in [1.82, 2.24) is 10.2 Å². The lowest BCUT2D eigenvalue weighted by Crippen LogP contribution is -2.14. The van der Waals surface area contributed by atoms with Gasteiger partial charge in [-0.15, -0.1) is 11.3 Å². The molecule has 0 bridgehead atoms. The Kier molecular flexibility index (Phi) is 3.85. The van der Waals surface area contributed by atoms with E-state index in [9.17, 15) is 18.0 Å². The van der Waals surface area contributed by atoms with Gasteiger partial charge in [0.05, 0.1) is 6.42 Å². The molecule has 0 unspecified atom stereocenters. The summed E-state index contributed by atoms with van der Waals surface area (Å²) in [6, 6.07) is 2.73. The normalized spacial score (nSPS) is 11.7. The van der Waals surface area contributed by atoms with E-state index in [1.54, 1.807) is 0 Å². The first-order valence-corrected chi connectivity index (χ1v) is 6.55. The van der Waals surface area contributed by atoms with Crippen LogP contribution < -0.4 is 5.32 Å². The molecule has 1 amide bonds. The second kappa shape index (κ2) is 5.28. The maximum Gasteiger partial charge on any atom is 0.432 e. The van der Waals surface area contributed by atoms with Gasteiger partial charge in [0, 0.05) is 15.8 Å². The summed E-state index contributed by atoms with van der Waals surface area (Å²) in [4.78, 5) is 13.7. The number of carbonyl (C=O) groups excluding carboxylic acids is 1. The van der Waals surface area contributed by atoms with Gasteiger partial charge in [0.1, 0.15) is 5.69 Å². The van der Waals surface area contributed by atoms with Crippen molar-refractivity contribution in [3.05, 3.63) is 33.1 Å². The molecule has 8 heteroatoms. The summed E-state index contributed by atoms with van der Waals surface area (Å²) < 4.78 is 37.1. The molecule has 0 saturated heterocycles. The van der Waals surface area contributed by atoms with Crippen LogP contribution in [0.25, 0.3) is 0 Å². The molecule has 0 aliphatic rings. The summed E-state index contributed by atoms with van der Waals surface area (Å²) in [7, 11) is 0. The summed E-state index contributed by atoms with van der Waals surface area (Å²) in [5, 5.41) is 7.61. The van der Waals surface area contributed by atoms with Gasteiger partial charge in [-0.1, -0.05) is 0 Å². The van der Waals surface area contributed by atoms with E-state index in [2.05, 4.69) is 10.4 Å². The number of aryl methyl sites for hydroxylation is 2. The maximum atomic E-state index is 12.4. The van der Waals surface area contributed by atoms with E-state index < -0.39 is 17.8 Å². The second-order valence-electron chi connectivity index (χ2n) is 4.35. The molecule has 20 heavy (non-hydrogen) atoms. The molecule has 0 fully saturated rings. The number of alkyl halides is 3. The van der Waals surface area contributed by atoms with Crippen LogP contribution in [0.2, 0.25) is 0 Å². The molecule has 2 heterocycles. The standard InChI is InChI=1S/C12H12F3N3OS/c1-6-3-7(2)20-8(6)4-11(19)16-10-5-9(17-18-10)12(13,14)15/h3,5H,4H2,1-2H3,(H2,16,17,18,19). The van der Waals surface area contributed by atoms with E-state index in [4.69, 9.17) is 0 Å². The number of H-pyrrole nitrogens is 1. The number of aromatic amines is 1. The molecule has 0 spiro atoms. The van der Waals surface area contributed by atoms with Crippen molar-refractivity contribution in [3.63, 3.8) is 0 Å². The number of anilines is 1. The topological polar surface area (TPSA) is 57.8 Å². The number of hydrogen-bond donors (Lipinski definition) is 2. The molecule has 2 aromatic heterocycles. The Hall–Kier alpha value is -1.83. The smallest absolute Gasteiger partial charge is 0.309 e. The Labute approximate surface area is 117 Å². The summed E-state index contributed by atoms with van der Waals surface area (Å²) in [6.45, 7) is 3.82. The summed E-state index contributed by atoms with van der Waals surface area (Å²) in [6.07, 6.45) is -4.38. The van der Waals surface area contributed by atoms with E-state index in [1.807, 2.05) is 25.0 Å². The first kappa shape index (κ1) is 14.6. The molecule has 0 aromatic carbocycles. The van der Waals surface area contributed by atoms with Gasteiger partial charge in [-0.05, 0) is 25.5 Å². The predicted octanol–water partition coefficient (Wildman–Crippen LogP) is 3.29. The molecule has 0 aliphatic heterocycles. The van der Waals surface area contributed by atoms with E-state index >= 15 is 0 Å². The Balaban J connectivity index is 2.01. The van der Waals surface area contributed by atoms with Crippen molar-refractivity contribution < 1.29 is 18.0 Å². The van der Waals surface area contributed by atoms with Gasteiger partial charge in [-0.3, -0.25) is 9.89 Å². The fraction of sp³-hybridized carbons (Fsp3) is 0.333. The average molecular weight is 303 g/mol. The zero-order valence-electron chi connectivity index (χ0n) is 10.8. The highest BCUT2D eigenvalue weighted by Crippen LogP contribution is 2.28. The number of thiophene rings is 1. The van der Waals surface area contributed by atoms with Crippen LogP contribution in [0.1, 0.15) is 21.0 Å². The van der Waals surface area contributed by atoms with Crippen LogP contribution in [-0.4, -0.2) is 16.1 Å². The molecule has 0 saturated carbocycles. The second-order valence-corrected chi connectivity index (χ2v) is 5.69. The third-order valence-corrected chi connectivity index (χ3v) is 3.77. The SMILES string of the molecule is Cc1cc(C)c(CC(=O)Nc2cc(C(F)(F)F)[nH]n2)s1. The quantitative estimate of drug-likeness (QED) is 0.914. The van der Waals surface area contributed by atoms with Crippen LogP contribution in [0.4, 0.5) is 19.0 Å². The van der Waals surface area contributed by atoms with Gasteiger partial charge in [-0.2, -0.15) is 18.3 Å². The van der Waals surface area contributed by atoms with Crippen LogP contribution in [-0.2, 0) is 17.4 Å². The van der Waals surface area contributed by atoms with Crippen LogP contribution in [0, 0.1) is 13.8 Å². The molecule has 2 aromatic rings. The van der Waals surface area contributed by atoms with Crippen LogP contribution in [0.15, 0.2) is 12.1 Å². The summed E-state index contributed by atoms with van der Waals surface area (Å²) in [5.41, 5.74) is 0.0107. The van der Waals surface area contributed by atoms with Crippen LogP contribution in [0.3, 0.4) is 0 Å². The van der Waals surface area contributed by atoms with Crippen LogP contribution in [0.5, 0.6) is 0 Å². The van der Waals surface area contributed by atoms with Crippen molar-refractivity contribution in [2.24, 2.45) is 0 Å². The Morgan fingerprint density at radius 2 is 2.10 bits per heavy atom. The monoisotopic (exact) mass is 303 g/mol. The minimum atomic E-state index is -4.50. The largest absolute Gasteiger partial charge is 0.432 e. The van der Waals surface area contributed by atoms with Gasteiger partial charge < -0.3 is 5.32 Å². The van der Waals surface area contributed by atoms with E-state index in [0.717, 1.165) is 21.4 Å². The molecule has 0 aliphatic carbocycles. The van der Waals surface area contributed by atoms with Crippen LogP contribution >= 0.6 is 11.3 Å². The minimum absolute atomic E-state index is 0.124. The highest BCUT2D eigenvalue weighted by atomic mass is 32.1. The number of carbonyl (C=O) groups is 1. The fourth-order valence-electron chi connectivity index (χ4n) is 1.73. The Morgan fingerprint density at radius 1 is 1.40 bits per heavy atom. The lowest BCUT2D eigenvalue weighted by molar-refractivity contribution is -0.141. The molecule has 0 radical (unpaired) electrons. The Morgan fingerprint density at radius 3 is 2.60 bits per heavy atom. The van der Waals surface area contributed by atoms with Gasteiger partial charge >= 0.3 is 6.18 Å². The third kappa shape index (κ3) is 3.38. The fourth-order valence-corrected chi connectivity index (χ4v) is 2.78. The number of halogens is 3. The zero-order valence-corrected chi connectivity index (χ0v) is 11.6. The van der Waals surface area contributed by atoms with E-state index in [1.165, 1.54) is 11.3 Å². The van der Waals surface area contributed by atoms with Gasteiger partial charge in [-0.25, -0.2) is 0 Å². The highest BCUT2D eigenvalue weighted by Gasteiger charge is 2.33. The molecular formula is C12H12F3N3OS. The third-order valence-electron chi connectivity index (χ3n) is 2.62. The first-order chi connectivity index (χ1) is 9.25. The number of nitrogens with zero attached hydrogens (tertiary/aromatic N) is 1. The number of hydrogen-bond acceptors (Lipinski definition) is 3. The number of rotatable bonds is 3. The van der Waals surface area contributed by atoms with Gasteiger partial charge in [0.15, 0.2) is 5.82 Å². The van der Waals surface area contributed by atoms with Crippen molar-refractivity contribution in [1.29, 1.82) is 0 Å². The lowest BCUT2D eigenvalue weighted by Gasteiger charge is -2.01. The Bertz CT molecular complexity index is 630. The summed E-state index contributed by atoms with van der Waals surface area (Å²) in [5.74, 6) is -0.525. The molecule has 108 valence electrons. The van der Waals surface area contributed by atoms with Gasteiger partial charge in [0.25, 0.3) is 0 Å². The van der Waals surface area contributed by atoms with Gasteiger partial charge in [0.2, 0.25) is 5.91 Å². The number of nitrogens with one attached hydrogen (secondary N) is 2. The average Bonchev–Trinajstić information content (AvgIpc) is 2.86. The summed E-state index contributed by atoms with van der Waals surface area (Å²) >= 11 is 1.49. The number of amides is 1. The maximum absolute atomic E-state index is 12.4. The zero-order chi connectivity index (χ0) is 14.9. The molecule has 4 nitrogen and oxygen atoms in total. The van der Waals surface area contributed by atoms with E-state index in [0.29, 0.717) is 0 Å². The minimum Gasteiger partial charge on any atom is -0.309 e. The van der Waals surface area contributed by atoms with Crippen molar-refractivity contribution in [3.8, 4) is 0 Å². The number of aromatic nitrogens is 2.